The number of tetrazole rings is 1. The van der Waals surface area contributed by atoms with Gasteiger partial charge in [0.2, 0.25) is 5.91 Å². The van der Waals surface area contributed by atoms with Crippen LogP contribution in [0.2, 0.25) is 0 Å². The number of aromatic nitrogens is 4. The Morgan fingerprint density at radius 3 is 2.88 bits per heavy atom. The zero-order valence-corrected chi connectivity index (χ0v) is 14.5. The van der Waals surface area contributed by atoms with Crippen molar-refractivity contribution in [1.82, 2.24) is 25.1 Å². The molecule has 2 aromatic rings. The minimum Gasteiger partial charge on any atom is -0.497 e. The first-order valence-corrected chi connectivity index (χ1v) is 8.44. The number of methoxy groups -OCH3 is 1. The number of hydrogen-bond acceptors (Lipinski definition) is 6. The van der Waals surface area contributed by atoms with Gasteiger partial charge in [-0.2, -0.15) is 0 Å². The quantitative estimate of drug-likeness (QED) is 0.778. The van der Waals surface area contributed by atoms with E-state index in [0.717, 1.165) is 5.56 Å². The van der Waals surface area contributed by atoms with Gasteiger partial charge >= 0.3 is 5.97 Å². The zero-order valence-electron chi connectivity index (χ0n) is 14.5. The molecule has 0 aliphatic carbocycles. The Labute approximate surface area is 150 Å². The summed E-state index contributed by atoms with van der Waals surface area (Å²) in [6.45, 7) is 1.17. The first-order valence-electron chi connectivity index (χ1n) is 8.44. The van der Waals surface area contributed by atoms with Gasteiger partial charge in [0.1, 0.15) is 12.1 Å². The number of nitrogens with zero attached hydrogens (tertiary/aromatic N) is 5. The number of carbonyl (C=O) groups excluding carboxylic acids is 1. The average molecular weight is 359 g/mol. The standard InChI is InChI=1S/C17H21N5O4/c1-26-13-5-2-4-12(8-13)14-9-21(10-15(14)17(24)25)16(23)6-3-7-22-11-18-19-20-22/h2,4-5,8,11,14-15H,3,6-7,9-10H2,1H3,(H,24,25). The van der Waals surface area contributed by atoms with Crippen LogP contribution in [-0.4, -0.2) is 62.3 Å². The van der Waals surface area contributed by atoms with Crippen LogP contribution in [0.4, 0.5) is 0 Å². The van der Waals surface area contributed by atoms with E-state index >= 15 is 0 Å². The first kappa shape index (κ1) is 17.8. The smallest absolute Gasteiger partial charge is 0.308 e. The van der Waals surface area contributed by atoms with Crippen LogP contribution in [0.3, 0.4) is 0 Å². The minimum absolute atomic E-state index is 0.0466. The van der Waals surface area contributed by atoms with Crippen LogP contribution in [-0.2, 0) is 16.1 Å². The van der Waals surface area contributed by atoms with E-state index in [0.29, 0.717) is 31.7 Å². The van der Waals surface area contributed by atoms with E-state index in [4.69, 9.17) is 4.74 Å². The fourth-order valence-corrected chi connectivity index (χ4v) is 3.30. The maximum absolute atomic E-state index is 12.5. The third-order valence-electron chi connectivity index (χ3n) is 4.68. The van der Waals surface area contributed by atoms with E-state index in [2.05, 4.69) is 15.5 Å². The van der Waals surface area contributed by atoms with Crippen molar-refractivity contribution in [3.63, 3.8) is 0 Å². The Morgan fingerprint density at radius 2 is 2.19 bits per heavy atom. The van der Waals surface area contributed by atoms with Crippen molar-refractivity contribution in [2.75, 3.05) is 20.2 Å². The van der Waals surface area contributed by atoms with Crippen molar-refractivity contribution < 1.29 is 19.4 Å². The number of aliphatic carboxylic acids is 1. The molecule has 1 aromatic heterocycles. The van der Waals surface area contributed by atoms with Crippen LogP contribution >= 0.6 is 0 Å². The molecule has 2 unspecified atom stereocenters. The van der Waals surface area contributed by atoms with Crippen molar-refractivity contribution in [3.8, 4) is 5.75 Å². The molecule has 2 heterocycles. The summed E-state index contributed by atoms with van der Waals surface area (Å²) in [7, 11) is 1.57. The first-order chi connectivity index (χ1) is 12.6. The lowest BCUT2D eigenvalue weighted by atomic mass is 9.89. The van der Waals surface area contributed by atoms with Crippen molar-refractivity contribution in [3.05, 3.63) is 36.2 Å². The van der Waals surface area contributed by atoms with E-state index in [1.165, 1.54) is 6.33 Å². The van der Waals surface area contributed by atoms with E-state index in [1.807, 2.05) is 24.3 Å². The number of hydrogen-bond donors (Lipinski definition) is 1. The van der Waals surface area contributed by atoms with Crippen LogP contribution in [0.1, 0.15) is 24.3 Å². The van der Waals surface area contributed by atoms with E-state index in [1.54, 1.807) is 16.7 Å². The molecule has 1 amide bonds. The Bertz CT molecular complexity index is 764. The second kappa shape index (κ2) is 7.94. The molecule has 9 nitrogen and oxygen atoms in total. The van der Waals surface area contributed by atoms with Crippen LogP contribution in [0.5, 0.6) is 5.75 Å². The SMILES string of the molecule is COc1cccc(C2CN(C(=O)CCCn3cnnn3)CC2C(=O)O)c1. The summed E-state index contributed by atoms with van der Waals surface area (Å²) in [5.41, 5.74) is 0.876. The maximum Gasteiger partial charge on any atom is 0.308 e. The second-order valence-corrected chi connectivity index (χ2v) is 6.30. The van der Waals surface area contributed by atoms with Gasteiger partial charge in [-0.1, -0.05) is 12.1 Å². The predicted molar refractivity (Wildman–Crippen MR) is 90.5 cm³/mol. The normalized spacial score (nSPS) is 19.5. The molecule has 138 valence electrons. The molecular weight excluding hydrogens is 338 g/mol. The molecule has 1 aliphatic heterocycles. The molecule has 1 saturated heterocycles. The summed E-state index contributed by atoms with van der Waals surface area (Å²) in [5, 5.41) is 20.4. The van der Waals surface area contributed by atoms with E-state index in [9.17, 15) is 14.7 Å². The Balaban J connectivity index is 1.64. The molecule has 3 rings (SSSR count). The Hall–Kier alpha value is -2.97. The van der Waals surface area contributed by atoms with Gasteiger partial charge in [-0.15, -0.1) is 5.10 Å². The number of carbonyl (C=O) groups is 2. The number of rotatable bonds is 7. The number of aryl methyl sites for hydroxylation is 1. The third-order valence-corrected chi connectivity index (χ3v) is 4.68. The summed E-state index contributed by atoms with van der Waals surface area (Å²) < 4.78 is 6.79. The van der Waals surface area contributed by atoms with Gasteiger partial charge in [-0.25, -0.2) is 4.68 Å². The molecule has 1 aromatic carbocycles. The highest BCUT2D eigenvalue weighted by Gasteiger charge is 2.40. The summed E-state index contributed by atoms with van der Waals surface area (Å²) >= 11 is 0. The van der Waals surface area contributed by atoms with E-state index < -0.39 is 11.9 Å². The van der Waals surface area contributed by atoms with E-state index in [-0.39, 0.29) is 18.4 Å². The Kier molecular flexibility index (Phi) is 5.45. The van der Waals surface area contributed by atoms with Crippen molar-refractivity contribution >= 4 is 11.9 Å². The predicted octanol–water partition coefficient (Wildman–Crippen LogP) is 0.789. The highest BCUT2D eigenvalue weighted by molar-refractivity contribution is 5.79. The largest absolute Gasteiger partial charge is 0.497 e. The lowest BCUT2D eigenvalue weighted by molar-refractivity contribution is -0.141. The third kappa shape index (κ3) is 3.98. The molecular formula is C17H21N5O4. The van der Waals surface area contributed by atoms with Crippen molar-refractivity contribution in [2.24, 2.45) is 5.92 Å². The number of ether oxygens (including phenoxy) is 1. The number of benzene rings is 1. The summed E-state index contributed by atoms with van der Waals surface area (Å²) in [4.78, 5) is 25.8. The lowest BCUT2D eigenvalue weighted by Gasteiger charge is -2.17. The van der Waals surface area contributed by atoms with Gasteiger partial charge in [0, 0.05) is 32.0 Å². The second-order valence-electron chi connectivity index (χ2n) is 6.30. The van der Waals surface area contributed by atoms with Crippen molar-refractivity contribution in [1.29, 1.82) is 0 Å². The molecule has 0 radical (unpaired) electrons. The monoisotopic (exact) mass is 359 g/mol. The van der Waals surface area contributed by atoms with Gasteiger partial charge < -0.3 is 14.7 Å². The number of carboxylic acid groups (broad SMARTS) is 1. The minimum atomic E-state index is -0.887. The van der Waals surface area contributed by atoms with Gasteiger partial charge in [-0.3, -0.25) is 9.59 Å². The zero-order chi connectivity index (χ0) is 18.5. The number of amides is 1. The summed E-state index contributed by atoms with van der Waals surface area (Å²) in [5.74, 6) is -1.12. The van der Waals surface area contributed by atoms with Crippen LogP contribution in [0.25, 0.3) is 0 Å². The summed E-state index contributed by atoms with van der Waals surface area (Å²) in [6, 6.07) is 7.38. The lowest BCUT2D eigenvalue weighted by Crippen LogP contribution is -2.29. The average Bonchev–Trinajstić information content (AvgIpc) is 3.31. The highest BCUT2D eigenvalue weighted by atomic mass is 16.5. The van der Waals surface area contributed by atoms with Gasteiger partial charge in [0.05, 0.1) is 13.0 Å². The molecule has 0 bridgehead atoms. The van der Waals surface area contributed by atoms with Crippen LogP contribution in [0, 0.1) is 5.92 Å². The maximum atomic E-state index is 12.5. The Morgan fingerprint density at radius 1 is 1.35 bits per heavy atom. The molecule has 1 fully saturated rings. The number of carboxylic acids is 1. The molecule has 9 heteroatoms. The highest BCUT2D eigenvalue weighted by Crippen LogP contribution is 2.34. The van der Waals surface area contributed by atoms with Crippen LogP contribution in [0.15, 0.2) is 30.6 Å². The molecule has 0 spiro atoms. The van der Waals surface area contributed by atoms with Gasteiger partial charge in [-0.05, 0) is 34.5 Å². The topological polar surface area (TPSA) is 110 Å². The van der Waals surface area contributed by atoms with Crippen LogP contribution < -0.4 is 4.74 Å². The van der Waals surface area contributed by atoms with Gasteiger partial charge in [0.25, 0.3) is 0 Å². The van der Waals surface area contributed by atoms with Crippen molar-refractivity contribution in [2.45, 2.75) is 25.3 Å². The fraction of sp³-hybridized carbons (Fsp3) is 0.471. The number of likely N-dealkylation sites (tertiary alicyclic amines) is 1. The molecule has 0 saturated carbocycles. The molecule has 2 atom stereocenters. The molecule has 1 N–H and O–H groups in total. The molecule has 26 heavy (non-hydrogen) atoms. The van der Waals surface area contributed by atoms with Gasteiger partial charge in [0.15, 0.2) is 0 Å². The summed E-state index contributed by atoms with van der Waals surface area (Å²) in [6.07, 6.45) is 2.43. The fourth-order valence-electron chi connectivity index (χ4n) is 3.30. The molecule has 1 aliphatic rings.